The van der Waals surface area contributed by atoms with Gasteiger partial charge in [0.15, 0.2) is 0 Å². The standard InChI is InChI=1S/C10H20NO5/c1-4-16-10(12)7-5-6-9(15-3)11(13)8-14-2/h9H,4-8H2,1-3H3/q-1. The van der Waals surface area contributed by atoms with Gasteiger partial charge in [-0.05, 0) is 19.8 Å². The molecule has 0 saturated carbocycles. The van der Waals surface area contributed by atoms with Gasteiger partial charge in [0, 0.05) is 20.6 Å². The molecule has 0 aromatic rings. The van der Waals surface area contributed by atoms with Gasteiger partial charge in [-0.25, -0.2) is 0 Å². The van der Waals surface area contributed by atoms with Crippen molar-refractivity contribution in [1.29, 1.82) is 0 Å². The Hall–Kier alpha value is -0.690. The zero-order valence-corrected chi connectivity index (χ0v) is 10.1. The Morgan fingerprint density at radius 2 is 2.12 bits per heavy atom. The van der Waals surface area contributed by atoms with E-state index in [0.717, 1.165) is 0 Å². The van der Waals surface area contributed by atoms with Crippen LogP contribution in [-0.4, -0.2) is 44.8 Å². The summed E-state index contributed by atoms with van der Waals surface area (Å²) in [5.41, 5.74) is 0. The molecule has 0 saturated heterocycles. The number of hydrogen-bond acceptors (Lipinski definition) is 6. The molecule has 0 fully saturated rings. The number of hydroxylamine groups is 2. The van der Waals surface area contributed by atoms with Gasteiger partial charge in [0.2, 0.25) is 0 Å². The highest BCUT2D eigenvalue weighted by Crippen LogP contribution is 2.09. The van der Waals surface area contributed by atoms with Crippen LogP contribution in [0.5, 0.6) is 0 Å². The minimum absolute atomic E-state index is 0.0437. The monoisotopic (exact) mass is 234 g/mol. The number of carbonyl (C=O) groups is 1. The van der Waals surface area contributed by atoms with Gasteiger partial charge in [-0.15, -0.1) is 0 Å². The summed E-state index contributed by atoms with van der Waals surface area (Å²) in [5, 5.41) is 12.0. The highest BCUT2D eigenvalue weighted by atomic mass is 16.6. The molecule has 6 heteroatoms. The van der Waals surface area contributed by atoms with Gasteiger partial charge in [-0.1, -0.05) is 0 Å². The predicted molar refractivity (Wildman–Crippen MR) is 58.4 cm³/mol. The normalized spacial score (nSPS) is 12.8. The van der Waals surface area contributed by atoms with E-state index in [4.69, 9.17) is 14.2 Å². The number of rotatable bonds is 9. The third kappa shape index (κ3) is 6.73. The predicted octanol–water partition coefficient (Wildman–Crippen LogP) is 1.10. The molecule has 0 aliphatic carbocycles. The molecule has 1 atom stereocenters. The van der Waals surface area contributed by atoms with E-state index >= 15 is 0 Å². The van der Waals surface area contributed by atoms with E-state index in [0.29, 0.717) is 30.9 Å². The highest BCUT2D eigenvalue weighted by Gasteiger charge is 2.10. The SMILES string of the molecule is CCOC(=O)CCCC(OC)N([O-])COC. The van der Waals surface area contributed by atoms with Crippen molar-refractivity contribution in [1.82, 2.24) is 5.06 Å². The molecular formula is C10H20NO5-. The van der Waals surface area contributed by atoms with E-state index in [2.05, 4.69) is 0 Å². The van der Waals surface area contributed by atoms with Crippen LogP contribution < -0.4 is 0 Å². The molecule has 6 nitrogen and oxygen atoms in total. The summed E-state index contributed by atoms with van der Waals surface area (Å²) in [6.07, 6.45) is 0.755. The van der Waals surface area contributed by atoms with Crippen LogP contribution in [-0.2, 0) is 19.0 Å². The van der Waals surface area contributed by atoms with Gasteiger partial charge in [0.05, 0.1) is 13.3 Å². The average molecular weight is 234 g/mol. The lowest BCUT2D eigenvalue weighted by Gasteiger charge is -2.34. The van der Waals surface area contributed by atoms with Crippen molar-refractivity contribution >= 4 is 5.97 Å². The lowest BCUT2D eigenvalue weighted by atomic mass is 10.2. The summed E-state index contributed by atoms with van der Waals surface area (Å²) in [4.78, 5) is 11.0. The van der Waals surface area contributed by atoms with Gasteiger partial charge in [-0.3, -0.25) is 4.79 Å². The van der Waals surface area contributed by atoms with Crippen molar-refractivity contribution < 1.29 is 19.0 Å². The van der Waals surface area contributed by atoms with Crippen LogP contribution in [0.25, 0.3) is 0 Å². The van der Waals surface area contributed by atoms with E-state index < -0.39 is 6.23 Å². The zero-order valence-electron chi connectivity index (χ0n) is 10.1. The number of carbonyl (C=O) groups excluding carboxylic acids is 1. The first kappa shape index (κ1) is 15.3. The molecule has 0 N–H and O–H groups in total. The van der Waals surface area contributed by atoms with Crippen LogP contribution >= 0.6 is 0 Å². The Morgan fingerprint density at radius 3 is 2.62 bits per heavy atom. The summed E-state index contributed by atoms with van der Waals surface area (Å²) in [5.74, 6) is -0.249. The molecule has 96 valence electrons. The first-order valence-corrected chi connectivity index (χ1v) is 5.26. The second-order valence-corrected chi connectivity index (χ2v) is 3.22. The number of nitrogens with zero attached hydrogens (tertiary/aromatic N) is 1. The molecule has 0 amide bonds. The Morgan fingerprint density at radius 1 is 1.44 bits per heavy atom. The summed E-state index contributed by atoms with van der Waals surface area (Å²) in [6, 6.07) is 0. The van der Waals surface area contributed by atoms with Crippen LogP contribution in [0.15, 0.2) is 0 Å². The largest absolute Gasteiger partial charge is 0.782 e. The third-order valence-electron chi connectivity index (χ3n) is 1.99. The van der Waals surface area contributed by atoms with Gasteiger partial charge in [0.1, 0.15) is 6.23 Å². The molecule has 0 aliphatic rings. The van der Waals surface area contributed by atoms with Gasteiger partial charge in [-0.2, -0.15) is 0 Å². The molecule has 0 spiro atoms. The number of hydrogen-bond donors (Lipinski definition) is 0. The Balaban J connectivity index is 3.74. The molecule has 0 heterocycles. The topological polar surface area (TPSA) is 71.1 Å². The van der Waals surface area contributed by atoms with Crippen molar-refractivity contribution in [2.45, 2.75) is 32.4 Å². The Labute approximate surface area is 96.0 Å². The van der Waals surface area contributed by atoms with E-state index in [1.54, 1.807) is 6.92 Å². The summed E-state index contributed by atoms with van der Waals surface area (Å²) in [6.45, 7) is 2.09. The van der Waals surface area contributed by atoms with Crippen LogP contribution in [0.2, 0.25) is 0 Å². The van der Waals surface area contributed by atoms with Crippen molar-refractivity contribution in [3.05, 3.63) is 5.21 Å². The van der Waals surface area contributed by atoms with E-state index in [1.165, 1.54) is 14.2 Å². The summed E-state index contributed by atoms with van der Waals surface area (Å²) < 4.78 is 14.5. The lowest BCUT2D eigenvalue weighted by molar-refractivity contribution is -0.143. The summed E-state index contributed by atoms with van der Waals surface area (Å²) >= 11 is 0. The maximum Gasteiger partial charge on any atom is 0.305 e. The van der Waals surface area contributed by atoms with Gasteiger partial charge < -0.3 is 24.5 Å². The van der Waals surface area contributed by atoms with Crippen molar-refractivity contribution in [3.8, 4) is 0 Å². The van der Waals surface area contributed by atoms with Gasteiger partial charge in [0.25, 0.3) is 0 Å². The maximum absolute atomic E-state index is 11.3. The van der Waals surface area contributed by atoms with Crippen LogP contribution in [0.3, 0.4) is 0 Å². The number of ether oxygens (including phenoxy) is 3. The van der Waals surface area contributed by atoms with Crippen LogP contribution in [0, 0.1) is 5.21 Å². The maximum atomic E-state index is 11.3. The molecular weight excluding hydrogens is 214 g/mol. The summed E-state index contributed by atoms with van der Waals surface area (Å²) in [7, 11) is 2.89. The first-order chi connectivity index (χ1) is 7.65. The Kier molecular flexibility index (Phi) is 9.12. The molecule has 0 aromatic heterocycles. The van der Waals surface area contributed by atoms with E-state index in [9.17, 15) is 10.0 Å². The van der Waals surface area contributed by atoms with Crippen LogP contribution in [0.1, 0.15) is 26.2 Å². The average Bonchev–Trinajstić information content (AvgIpc) is 2.25. The molecule has 16 heavy (non-hydrogen) atoms. The minimum Gasteiger partial charge on any atom is -0.782 e. The lowest BCUT2D eigenvalue weighted by Crippen LogP contribution is -2.33. The van der Waals surface area contributed by atoms with Crippen molar-refractivity contribution in [3.63, 3.8) is 0 Å². The van der Waals surface area contributed by atoms with Crippen molar-refractivity contribution in [2.75, 3.05) is 27.6 Å². The highest BCUT2D eigenvalue weighted by molar-refractivity contribution is 5.69. The fourth-order valence-electron chi connectivity index (χ4n) is 1.24. The Bertz CT molecular complexity index is 188. The fraction of sp³-hybridized carbons (Fsp3) is 0.900. The number of methoxy groups -OCH3 is 2. The molecule has 0 radical (unpaired) electrons. The van der Waals surface area contributed by atoms with Gasteiger partial charge >= 0.3 is 5.97 Å². The second kappa shape index (κ2) is 9.53. The van der Waals surface area contributed by atoms with E-state index in [1.807, 2.05) is 0 Å². The molecule has 0 aromatic carbocycles. The third-order valence-corrected chi connectivity index (χ3v) is 1.99. The molecule has 0 bridgehead atoms. The first-order valence-electron chi connectivity index (χ1n) is 5.26. The van der Waals surface area contributed by atoms with Crippen LogP contribution in [0.4, 0.5) is 0 Å². The smallest absolute Gasteiger partial charge is 0.305 e. The molecule has 0 rings (SSSR count). The zero-order chi connectivity index (χ0) is 12.4. The van der Waals surface area contributed by atoms with E-state index in [-0.39, 0.29) is 12.7 Å². The minimum atomic E-state index is -0.575. The van der Waals surface area contributed by atoms with Crippen molar-refractivity contribution in [2.24, 2.45) is 0 Å². The fourth-order valence-corrected chi connectivity index (χ4v) is 1.24. The second-order valence-electron chi connectivity index (χ2n) is 3.22. The molecule has 0 aliphatic heterocycles. The number of esters is 1. The quantitative estimate of drug-likeness (QED) is 0.338. The molecule has 1 unspecified atom stereocenters.